The number of amides is 1. The van der Waals surface area contributed by atoms with Crippen LogP contribution in [0.1, 0.15) is 27.2 Å². The number of rotatable bonds is 4. The molecule has 2 atom stereocenters. The molecule has 2 unspecified atom stereocenters. The summed E-state index contributed by atoms with van der Waals surface area (Å²) in [6.45, 7) is 7.82. The van der Waals surface area contributed by atoms with Gasteiger partial charge < -0.3 is 10.2 Å². The van der Waals surface area contributed by atoms with Crippen LogP contribution >= 0.6 is 11.8 Å². The topological polar surface area (TPSA) is 66.5 Å². The van der Waals surface area contributed by atoms with Gasteiger partial charge in [0.15, 0.2) is 9.84 Å². The minimum absolute atomic E-state index is 0.0322. The van der Waals surface area contributed by atoms with E-state index in [-0.39, 0.29) is 17.6 Å². The fourth-order valence-electron chi connectivity index (χ4n) is 3.22. The molecule has 0 spiro atoms. The van der Waals surface area contributed by atoms with Gasteiger partial charge in [0.25, 0.3) is 0 Å². The highest BCUT2D eigenvalue weighted by Gasteiger charge is 2.49. The molecule has 7 heteroatoms. The Morgan fingerprint density at radius 2 is 2.19 bits per heavy atom. The first-order valence-electron chi connectivity index (χ1n) is 7.66. The molecule has 0 aromatic rings. The van der Waals surface area contributed by atoms with Crippen molar-refractivity contribution in [1.82, 2.24) is 10.2 Å². The molecular formula is C14H26N2O3S2. The predicted molar refractivity (Wildman–Crippen MR) is 87.0 cm³/mol. The number of sulfone groups is 1. The lowest BCUT2D eigenvalue weighted by molar-refractivity contribution is -0.144. The zero-order chi connectivity index (χ0) is 15.7. The highest BCUT2D eigenvalue weighted by molar-refractivity contribution is 8.01. The van der Waals surface area contributed by atoms with Gasteiger partial charge in [-0.1, -0.05) is 20.8 Å². The van der Waals surface area contributed by atoms with Gasteiger partial charge in [-0.3, -0.25) is 4.79 Å². The van der Waals surface area contributed by atoms with E-state index >= 15 is 0 Å². The molecule has 122 valence electrons. The molecule has 0 aliphatic carbocycles. The Kier molecular flexibility index (Phi) is 5.26. The smallest absolute Gasteiger partial charge is 0.231 e. The lowest BCUT2D eigenvalue weighted by atomic mass is 9.75. The quantitative estimate of drug-likeness (QED) is 0.829. The summed E-state index contributed by atoms with van der Waals surface area (Å²) in [6.07, 6.45) is 0.798. The van der Waals surface area contributed by atoms with Gasteiger partial charge in [0.1, 0.15) is 5.37 Å². The lowest BCUT2D eigenvalue weighted by Crippen LogP contribution is -2.57. The van der Waals surface area contributed by atoms with Crippen LogP contribution in [0.25, 0.3) is 0 Å². The van der Waals surface area contributed by atoms with Crippen molar-refractivity contribution in [2.24, 2.45) is 11.3 Å². The second kappa shape index (κ2) is 6.46. The predicted octanol–water partition coefficient (Wildman–Crippen LogP) is 0.958. The van der Waals surface area contributed by atoms with E-state index in [4.69, 9.17) is 0 Å². The largest absolute Gasteiger partial charge is 0.323 e. The molecule has 1 amide bonds. The molecule has 2 fully saturated rings. The van der Waals surface area contributed by atoms with Crippen LogP contribution in [0.15, 0.2) is 0 Å². The molecule has 0 radical (unpaired) electrons. The molecule has 0 aromatic carbocycles. The van der Waals surface area contributed by atoms with Crippen LogP contribution < -0.4 is 5.32 Å². The Labute approximate surface area is 132 Å². The van der Waals surface area contributed by atoms with Crippen molar-refractivity contribution in [3.63, 3.8) is 0 Å². The van der Waals surface area contributed by atoms with Gasteiger partial charge in [-0.15, -0.1) is 0 Å². The molecule has 2 aliphatic heterocycles. The average Bonchev–Trinajstić information content (AvgIpc) is 2.97. The van der Waals surface area contributed by atoms with Crippen LogP contribution in [-0.2, 0) is 14.6 Å². The Hall–Kier alpha value is -0.270. The third-order valence-electron chi connectivity index (χ3n) is 4.88. The van der Waals surface area contributed by atoms with Crippen LogP contribution in [-0.4, -0.2) is 61.5 Å². The molecule has 0 saturated carbocycles. The maximum Gasteiger partial charge on any atom is 0.231 e. The maximum atomic E-state index is 13.1. The van der Waals surface area contributed by atoms with E-state index < -0.39 is 20.6 Å². The number of hydrogen-bond donors (Lipinski definition) is 1. The van der Waals surface area contributed by atoms with Gasteiger partial charge in [0.05, 0.1) is 5.41 Å². The molecule has 0 bridgehead atoms. The van der Waals surface area contributed by atoms with Gasteiger partial charge in [0.2, 0.25) is 5.91 Å². The van der Waals surface area contributed by atoms with E-state index in [9.17, 15) is 13.2 Å². The minimum Gasteiger partial charge on any atom is -0.323 e. The van der Waals surface area contributed by atoms with E-state index in [2.05, 4.69) is 19.2 Å². The van der Waals surface area contributed by atoms with E-state index in [1.54, 1.807) is 23.6 Å². The minimum atomic E-state index is -3.23. The van der Waals surface area contributed by atoms with Gasteiger partial charge in [0, 0.05) is 30.3 Å². The van der Waals surface area contributed by atoms with E-state index in [0.29, 0.717) is 18.8 Å². The Morgan fingerprint density at radius 1 is 1.48 bits per heavy atom. The van der Waals surface area contributed by atoms with E-state index in [0.717, 1.165) is 18.7 Å². The monoisotopic (exact) mass is 334 g/mol. The zero-order valence-corrected chi connectivity index (χ0v) is 14.7. The highest BCUT2D eigenvalue weighted by atomic mass is 32.2. The Morgan fingerprint density at radius 3 is 2.71 bits per heavy atom. The fraction of sp³-hybridized carbons (Fsp3) is 0.929. The van der Waals surface area contributed by atoms with Gasteiger partial charge in [-0.25, -0.2) is 8.42 Å². The molecular weight excluding hydrogens is 308 g/mol. The summed E-state index contributed by atoms with van der Waals surface area (Å²) in [5, 5.41) is 2.63. The van der Waals surface area contributed by atoms with Crippen LogP contribution in [0, 0.1) is 11.3 Å². The molecule has 21 heavy (non-hydrogen) atoms. The van der Waals surface area contributed by atoms with Crippen molar-refractivity contribution in [1.29, 1.82) is 0 Å². The second-order valence-electron chi connectivity index (χ2n) is 6.22. The number of nitrogens with one attached hydrogen (secondary N) is 1. The van der Waals surface area contributed by atoms with E-state index in [1.807, 2.05) is 0 Å². The number of carbonyl (C=O) groups excluding carboxylic acids is 1. The Bertz CT molecular complexity index is 484. The van der Waals surface area contributed by atoms with Gasteiger partial charge in [-0.2, -0.15) is 11.8 Å². The third kappa shape index (κ3) is 3.10. The maximum absolute atomic E-state index is 13.1. The van der Waals surface area contributed by atoms with Crippen molar-refractivity contribution >= 4 is 27.5 Å². The zero-order valence-electron chi connectivity index (χ0n) is 13.1. The first-order valence-corrected chi connectivity index (χ1v) is 10.5. The average molecular weight is 335 g/mol. The van der Waals surface area contributed by atoms with Crippen molar-refractivity contribution < 1.29 is 13.2 Å². The van der Waals surface area contributed by atoms with Crippen LogP contribution in [0.3, 0.4) is 0 Å². The summed E-state index contributed by atoms with van der Waals surface area (Å²) in [5.74, 6) is 1.66. The highest BCUT2D eigenvalue weighted by Crippen LogP contribution is 2.38. The van der Waals surface area contributed by atoms with Crippen molar-refractivity contribution in [3.05, 3.63) is 0 Å². The molecule has 2 saturated heterocycles. The van der Waals surface area contributed by atoms with Gasteiger partial charge in [-0.05, 0) is 18.9 Å². The molecule has 2 aliphatic rings. The molecule has 5 nitrogen and oxygen atoms in total. The SMILES string of the molecule is CCS(=O)(=O)C1CSCCN1C(=O)C1(C(C)C)CCNC1. The van der Waals surface area contributed by atoms with Crippen molar-refractivity contribution in [3.8, 4) is 0 Å². The van der Waals surface area contributed by atoms with Crippen LogP contribution in [0.2, 0.25) is 0 Å². The van der Waals surface area contributed by atoms with Crippen molar-refractivity contribution in [2.75, 3.05) is 36.9 Å². The van der Waals surface area contributed by atoms with Crippen LogP contribution in [0.4, 0.5) is 0 Å². The second-order valence-corrected chi connectivity index (χ2v) is 9.81. The number of thioether (sulfide) groups is 1. The fourth-order valence-corrected chi connectivity index (χ4v) is 6.19. The van der Waals surface area contributed by atoms with E-state index in [1.165, 1.54) is 0 Å². The molecule has 1 N–H and O–H groups in total. The van der Waals surface area contributed by atoms with Crippen LogP contribution in [0.5, 0.6) is 0 Å². The Balaban J connectivity index is 2.31. The molecule has 2 heterocycles. The summed E-state index contributed by atoms with van der Waals surface area (Å²) in [6, 6.07) is 0. The number of nitrogens with zero attached hydrogens (tertiary/aromatic N) is 1. The first-order chi connectivity index (χ1) is 9.85. The summed E-state index contributed by atoms with van der Waals surface area (Å²) >= 11 is 1.63. The molecule has 2 rings (SSSR count). The van der Waals surface area contributed by atoms with Crippen molar-refractivity contribution in [2.45, 2.75) is 32.6 Å². The molecule has 0 aromatic heterocycles. The summed E-state index contributed by atoms with van der Waals surface area (Å²) in [7, 11) is -3.23. The number of hydrogen-bond acceptors (Lipinski definition) is 5. The summed E-state index contributed by atoms with van der Waals surface area (Å²) < 4.78 is 24.7. The normalized spacial score (nSPS) is 30.9. The lowest BCUT2D eigenvalue weighted by Gasteiger charge is -2.42. The summed E-state index contributed by atoms with van der Waals surface area (Å²) in [5.41, 5.74) is -0.441. The summed E-state index contributed by atoms with van der Waals surface area (Å²) in [4.78, 5) is 14.8. The van der Waals surface area contributed by atoms with Gasteiger partial charge >= 0.3 is 0 Å². The first kappa shape index (κ1) is 17.1. The third-order valence-corrected chi connectivity index (χ3v) is 8.17. The number of carbonyl (C=O) groups is 1. The standard InChI is InChI=1S/C14H26N2O3S2/c1-4-21(18,19)12-9-20-8-7-16(12)13(17)14(11(2)3)5-6-15-10-14/h11-12,15H,4-10H2,1-3H3.